The second-order valence-electron chi connectivity index (χ2n) is 11.6. The van der Waals surface area contributed by atoms with Crippen LogP contribution in [0, 0.1) is 5.82 Å². The molecule has 2 heterocycles. The predicted molar refractivity (Wildman–Crippen MR) is 175 cm³/mol. The second-order valence-corrected chi connectivity index (χ2v) is 12.4. The number of urea groups is 1. The number of carbonyl (C=O) groups is 2. The molecule has 0 radical (unpaired) electrons. The summed E-state index contributed by atoms with van der Waals surface area (Å²) >= 11 is 12.5. The summed E-state index contributed by atoms with van der Waals surface area (Å²) in [6, 6.07) is 25.6. The predicted octanol–water partition coefficient (Wildman–Crippen LogP) is 6.87. The summed E-state index contributed by atoms with van der Waals surface area (Å²) < 4.78 is 19.6. The Morgan fingerprint density at radius 3 is 2.27 bits per heavy atom. The summed E-state index contributed by atoms with van der Waals surface area (Å²) in [6.45, 7) is 5.28. The van der Waals surface area contributed by atoms with E-state index in [-0.39, 0.29) is 30.1 Å². The van der Waals surface area contributed by atoms with Gasteiger partial charge in [0.1, 0.15) is 18.1 Å². The number of carbonyl (C=O) groups excluding carboxylic acids is 2. The van der Waals surface area contributed by atoms with Crippen molar-refractivity contribution in [2.75, 3.05) is 39.3 Å². The van der Waals surface area contributed by atoms with Crippen LogP contribution in [0.15, 0.2) is 89.3 Å². The Morgan fingerprint density at radius 2 is 1.53 bits per heavy atom. The molecule has 1 saturated heterocycles. The molecule has 0 spiro atoms. The first-order chi connectivity index (χ1) is 21.8. The lowest BCUT2D eigenvalue weighted by molar-refractivity contribution is -0.944. The minimum atomic E-state index is -0.339. The molecule has 0 atom stereocenters. The van der Waals surface area contributed by atoms with E-state index in [2.05, 4.69) is 34.9 Å². The Labute approximate surface area is 273 Å². The van der Waals surface area contributed by atoms with Gasteiger partial charge in [-0.25, -0.2) is 9.18 Å². The van der Waals surface area contributed by atoms with Crippen molar-refractivity contribution in [2.45, 2.75) is 32.4 Å². The Kier molecular flexibility index (Phi) is 11.2. The van der Waals surface area contributed by atoms with Gasteiger partial charge < -0.3 is 24.4 Å². The van der Waals surface area contributed by atoms with Crippen molar-refractivity contribution < 1.29 is 22.9 Å². The van der Waals surface area contributed by atoms with Crippen LogP contribution in [0.1, 0.15) is 39.4 Å². The molecule has 45 heavy (non-hydrogen) atoms. The topological polar surface area (TPSA) is 74.6 Å². The number of rotatable bonds is 12. The summed E-state index contributed by atoms with van der Waals surface area (Å²) in [4.78, 5) is 27.4. The molecule has 1 aliphatic heterocycles. The molecule has 2 N–H and O–H groups in total. The number of quaternary nitrogens is 1. The van der Waals surface area contributed by atoms with Gasteiger partial charge in [0.15, 0.2) is 5.76 Å². The number of piperazine rings is 1. The third-order valence-electron chi connectivity index (χ3n) is 8.33. The van der Waals surface area contributed by atoms with Crippen molar-refractivity contribution in [3.8, 4) is 0 Å². The number of nitrogens with zero attached hydrogens (tertiary/aromatic N) is 2. The summed E-state index contributed by atoms with van der Waals surface area (Å²) in [5.74, 6) is 0.0416. The largest absolute Gasteiger partial charge is 0.454 e. The van der Waals surface area contributed by atoms with Crippen LogP contribution in [-0.2, 0) is 25.9 Å². The first kappa shape index (κ1) is 32.5. The van der Waals surface area contributed by atoms with E-state index in [4.69, 9.17) is 27.6 Å². The summed E-state index contributed by atoms with van der Waals surface area (Å²) in [6.07, 6.45) is 2.62. The van der Waals surface area contributed by atoms with E-state index in [0.717, 1.165) is 54.6 Å². The number of hydrogen-bond acceptors (Lipinski definition) is 3. The quantitative estimate of drug-likeness (QED) is 0.164. The van der Waals surface area contributed by atoms with Gasteiger partial charge >= 0.3 is 6.03 Å². The van der Waals surface area contributed by atoms with Gasteiger partial charge in [-0.1, -0.05) is 71.7 Å². The molecule has 0 aliphatic carbocycles. The van der Waals surface area contributed by atoms with Gasteiger partial charge in [0.25, 0.3) is 5.91 Å². The van der Waals surface area contributed by atoms with Crippen molar-refractivity contribution in [1.82, 2.24) is 15.5 Å². The number of hydrogen-bond donors (Lipinski definition) is 2. The highest BCUT2D eigenvalue weighted by Crippen LogP contribution is 2.26. The van der Waals surface area contributed by atoms with E-state index in [1.54, 1.807) is 24.3 Å². The standard InChI is InChI=1S/C35H37Cl2FN4O3/c36-31-14-10-28(23-32(31)37)25-42(20-4-7-26-5-2-1-3-6-26)21-18-41(19-22-42)35(44)40-24-30-13-15-33(45-30)34(43)39-17-16-27-8-11-29(38)12-9-27/h1-3,5-6,8-15,23H,4,7,16-22,24-25H2,(H-,39,40,43,44)/p+1. The number of aryl methyl sites for hydroxylation is 1. The molecule has 1 aliphatic rings. The Hall–Kier alpha value is -3.85. The number of halogens is 3. The summed E-state index contributed by atoms with van der Waals surface area (Å²) in [5, 5.41) is 6.85. The fraction of sp³-hybridized carbons (Fsp3) is 0.314. The molecule has 0 saturated carbocycles. The highest BCUT2D eigenvalue weighted by molar-refractivity contribution is 6.42. The Bertz CT molecular complexity index is 1570. The van der Waals surface area contributed by atoms with Crippen molar-refractivity contribution in [3.63, 3.8) is 0 Å². The van der Waals surface area contributed by atoms with Crippen LogP contribution >= 0.6 is 23.2 Å². The van der Waals surface area contributed by atoms with Gasteiger partial charge in [-0.15, -0.1) is 0 Å². The van der Waals surface area contributed by atoms with Crippen molar-refractivity contribution in [2.24, 2.45) is 0 Å². The van der Waals surface area contributed by atoms with Gasteiger partial charge in [0, 0.05) is 18.5 Å². The molecule has 0 bridgehead atoms. The normalized spacial score (nSPS) is 14.2. The molecular weight excluding hydrogens is 614 g/mol. The number of furan rings is 1. The lowest BCUT2D eigenvalue weighted by Gasteiger charge is -2.45. The number of benzene rings is 3. The number of amides is 3. The monoisotopic (exact) mass is 651 g/mol. The fourth-order valence-electron chi connectivity index (χ4n) is 5.77. The van der Waals surface area contributed by atoms with E-state index < -0.39 is 0 Å². The maximum Gasteiger partial charge on any atom is 0.318 e. The highest BCUT2D eigenvalue weighted by atomic mass is 35.5. The third-order valence-corrected chi connectivity index (χ3v) is 9.07. The lowest BCUT2D eigenvalue weighted by Crippen LogP contribution is -2.61. The van der Waals surface area contributed by atoms with Crippen LogP contribution in [0.25, 0.3) is 0 Å². The van der Waals surface area contributed by atoms with Crippen LogP contribution < -0.4 is 10.6 Å². The maximum atomic E-state index is 13.1. The van der Waals surface area contributed by atoms with Gasteiger partial charge in [-0.3, -0.25) is 4.79 Å². The van der Waals surface area contributed by atoms with E-state index in [0.29, 0.717) is 41.9 Å². The molecular formula is C35H38Cl2FN4O3+. The van der Waals surface area contributed by atoms with Crippen LogP contribution in [-0.4, -0.2) is 60.6 Å². The summed E-state index contributed by atoms with van der Waals surface area (Å²) in [5.41, 5.74) is 3.39. The minimum Gasteiger partial charge on any atom is -0.454 e. The SMILES string of the molecule is O=C(NCCc1ccc(F)cc1)c1ccc(CNC(=O)N2CC[N+](CCCc3ccccc3)(Cc3ccc(Cl)c(Cl)c3)CC2)o1. The molecule has 5 rings (SSSR count). The Morgan fingerprint density at radius 1 is 0.822 bits per heavy atom. The van der Waals surface area contributed by atoms with E-state index >= 15 is 0 Å². The van der Waals surface area contributed by atoms with E-state index in [1.807, 2.05) is 29.2 Å². The molecule has 1 fully saturated rings. The van der Waals surface area contributed by atoms with E-state index in [1.165, 1.54) is 17.7 Å². The van der Waals surface area contributed by atoms with Crippen LogP contribution in [0.3, 0.4) is 0 Å². The van der Waals surface area contributed by atoms with Crippen molar-refractivity contribution in [3.05, 3.63) is 129 Å². The zero-order chi connectivity index (χ0) is 31.6. The molecule has 1 aromatic heterocycles. The zero-order valence-electron chi connectivity index (χ0n) is 25.1. The smallest absolute Gasteiger partial charge is 0.318 e. The summed E-state index contributed by atoms with van der Waals surface area (Å²) in [7, 11) is 0. The van der Waals surface area contributed by atoms with Crippen molar-refractivity contribution in [1.29, 1.82) is 0 Å². The molecule has 3 amide bonds. The second kappa shape index (κ2) is 15.4. The van der Waals surface area contributed by atoms with Gasteiger partial charge in [0.2, 0.25) is 0 Å². The lowest BCUT2D eigenvalue weighted by atomic mass is 10.1. The zero-order valence-corrected chi connectivity index (χ0v) is 26.6. The van der Waals surface area contributed by atoms with E-state index in [9.17, 15) is 14.0 Å². The maximum absolute atomic E-state index is 13.1. The average molecular weight is 653 g/mol. The average Bonchev–Trinajstić information content (AvgIpc) is 3.53. The molecule has 3 aromatic carbocycles. The molecule has 7 nitrogen and oxygen atoms in total. The van der Waals surface area contributed by atoms with Gasteiger partial charge in [-0.05, 0) is 60.4 Å². The van der Waals surface area contributed by atoms with Crippen LogP contribution in [0.2, 0.25) is 10.0 Å². The third kappa shape index (κ3) is 9.33. The van der Waals surface area contributed by atoms with Gasteiger partial charge in [0.05, 0.1) is 49.3 Å². The fourth-order valence-corrected chi connectivity index (χ4v) is 6.09. The van der Waals surface area contributed by atoms with Crippen molar-refractivity contribution >= 4 is 35.1 Å². The minimum absolute atomic E-state index is 0.159. The first-order valence-electron chi connectivity index (χ1n) is 15.3. The molecule has 236 valence electrons. The number of nitrogens with one attached hydrogen (secondary N) is 2. The first-order valence-corrected chi connectivity index (χ1v) is 16.0. The molecule has 4 aromatic rings. The molecule has 0 unspecified atom stereocenters. The van der Waals surface area contributed by atoms with Gasteiger partial charge in [-0.2, -0.15) is 0 Å². The highest BCUT2D eigenvalue weighted by Gasteiger charge is 2.34. The van der Waals surface area contributed by atoms with Crippen LogP contribution in [0.4, 0.5) is 9.18 Å². The molecule has 10 heteroatoms. The van der Waals surface area contributed by atoms with Crippen LogP contribution in [0.5, 0.6) is 0 Å². The Balaban J connectivity index is 1.11.